The fourth-order valence-corrected chi connectivity index (χ4v) is 1.62. The molecular formula is C10H16ClN3O3. The van der Waals surface area contributed by atoms with Crippen LogP contribution in [0.4, 0.5) is 4.79 Å². The molecular weight excluding hydrogens is 246 g/mol. The molecule has 1 aliphatic rings. The first-order valence-electron chi connectivity index (χ1n) is 5.39. The molecule has 0 aromatic heterocycles. The molecule has 2 unspecified atom stereocenters. The molecule has 2 atom stereocenters. The zero-order chi connectivity index (χ0) is 13.0. The van der Waals surface area contributed by atoms with E-state index in [1.165, 1.54) is 6.92 Å². The van der Waals surface area contributed by atoms with Crippen LogP contribution in [0.2, 0.25) is 0 Å². The molecule has 1 saturated heterocycles. The third-order valence-electron chi connectivity index (χ3n) is 2.56. The Morgan fingerprint density at radius 1 is 1.53 bits per heavy atom. The van der Waals surface area contributed by atoms with Gasteiger partial charge in [-0.05, 0) is 13.3 Å². The minimum absolute atomic E-state index is 0.0638. The minimum atomic E-state index is -0.753. The van der Waals surface area contributed by atoms with Gasteiger partial charge in [-0.1, -0.05) is 0 Å². The number of amides is 4. The van der Waals surface area contributed by atoms with Crippen LogP contribution in [0, 0.1) is 0 Å². The highest BCUT2D eigenvalue weighted by atomic mass is 35.5. The van der Waals surface area contributed by atoms with Crippen LogP contribution in [-0.4, -0.2) is 47.8 Å². The number of nitrogens with one attached hydrogen (secondary N) is 2. The number of urea groups is 1. The molecule has 0 bridgehead atoms. The highest BCUT2D eigenvalue weighted by Gasteiger charge is 2.24. The predicted molar refractivity (Wildman–Crippen MR) is 62.6 cm³/mol. The number of likely N-dealkylation sites (N-methyl/N-ethyl adjacent to an activating group) is 1. The van der Waals surface area contributed by atoms with Crippen molar-refractivity contribution in [3.63, 3.8) is 0 Å². The van der Waals surface area contributed by atoms with Gasteiger partial charge >= 0.3 is 6.03 Å². The largest absolute Gasteiger partial charge is 0.344 e. The third kappa shape index (κ3) is 4.22. The average Bonchev–Trinajstić information content (AvgIpc) is 2.23. The molecule has 1 fully saturated rings. The summed E-state index contributed by atoms with van der Waals surface area (Å²) < 4.78 is 0. The Balaban J connectivity index is 2.37. The zero-order valence-electron chi connectivity index (χ0n) is 9.83. The second-order valence-corrected chi connectivity index (χ2v) is 4.74. The molecule has 0 aliphatic carbocycles. The highest BCUT2D eigenvalue weighted by molar-refractivity contribution is 6.31. The summed E-state index contributed by atoms with van der Waals surface area (Å²) in [7, 11) is 1.68. The Kier molecular flexibility index (Phi) is 4.74. The maximum Gasteiger partial charge on any atom is 0.321 e. The van der Waals surface area contributed by atoms with Gasteiger partial charge in [-0.2, -0.15) is 0 Å². The number of piperidine rings is 1. The molecule has 7 heteroatoms. The molecule has 1 heterocycles. The van der Waals surface area contributed by atoms with Crippen LogP contribution in [-0.2, 0) is 9.59 Å². The average molecular weight is 262 g/mol. The van der Waals surface area contributed by atoms with Gasteiger partial charge in [0.2, 0.25) is 11.8 Å². The molecule has 0 spiro atoms. The molecule has 0 aromatic rings. The van der Waals surface area contributed by atoms with Crippen LogP contribution in [0.5, 0.6) is 0 Å². The molecule has 96 valence electrons. The Morgan fingerprint density at radius 2 is 2.18 bits per heavy atom. The van der Waals surface area contributed by atoms with Gasteiger partial charge in [0.05, 0.1) is 0 Å². The number of carbonyl (C=O) groups is 3. The molecule has 4 amide bonds. The lowest BCUT2D eigenvalue weighted by molar-refractivity contribution is -0.132. The summed E-state index contributed by atoms with van der Waals surface area (Å²) >= 11 is 5.51. The normalized spacial score (nSPS) is 21.9. The lowest BCUT2D eigenvalue weighted by atomic mass is 10.1. The third-order valence-corrected chi connectivity index (χ3v) is 2.76. The lowest BCUT2D eigenvalue weighted by Crippen LogP contribution is -2.52. The fraction of sp³-hybridized carbons (Fsp3) is 0.700. The van der Waals surface area contributed by atoms with Crippen molar-refractivity contribution in [1.82, 2.24) is 15.5 Å². The standard InChI is InChI=1S/C10H16ClN3O3/c1-6(11)9(16)13-10(17)12-7-3-4-8(15)14(2)5-7/h6-7H,3-5H2,1-2H3,(H2,12,13,16,17). The van der Waals surface area contributed by atoms with Crippen molar-refractivity contribution in [1.29, 1.82) is 0 Å². The topological polar surface area (TPSA) is 78.5 Å². The van der Waals surface area contributed by atoms with Crippen LogP contribution in [0.25, 0.3) is 0 Å². The van der Waals surface area contributed by atoms with Crippen molar-refractivity contribution in [2.75, 3.05) is 13.6 Å². The predicted octanol–water partition coefficient (Wildman–Crippen LogP) is 0.0603. The summed E-state index contributed by atoms with van der Waals surface area (Å²) in [4.78, 5) is 35.3. The van der Waals surface area contributed by atoms with Gasteiger partial charge in [-0.15, -0.1) is 11.6 Å². The van der Waals surface area contributed by atoms with E-state index in [0.717, 1.165) is 0 Å². The number of halogens is 1. The summed E-state index contributed by atoms with van der Waals surface area (Å²) in [6, 6.07) is -0.702. The zero-order valence-corrected chi connectivity index (χ0v) is 10.6. The Labute approximate surface area is 105 Å². The Hall–Kier alpha value is -1.30. The monoisotopic (exact) mass is 261 g/mol. The van der Waals surface area contributed by atoms with E-state index in [2.05, 4.69) is 10.6 Å². The molecule has 17 heavy (non-hydrogen) atoms. The van der Waals surface area contributed by atoms with Crippen molar-refractivity contribution >= 4 is 29.4 Å². The highest BCUT2D eigenvalue weighted by Crippen LogP contribution is 2.09. The van der Waals surface area contributed by atoms with Crippen LogP contribution in [0.15, 0.2) is 0 Å². The lowest BCUT2D eigenvalue weighted by Gasteiger charge is -2.30. The quantitative estimate of drug-likeness (QED) is 0.690. The first kappa shape index (κ1) is 13.8. The summed E-state index contributed by atoms with van der Waals surface area (Å²) in [5, 5.41) is 4.01. The second-order valence-electron chi connectivity index (χ2n) is 4.09. The molecule has 0 aromatic carbocycles. The van der Waals surface area contributed by atoms with E-state index < -0.39 is 17.3 Å². The number of imide groups is 1. The van der Waals surface area contributed by atoms with Gasteiger partial charge in [0.1, 0.15) is 5.38 Å². The van der Waals surface area contributed by atoms with Crippen LogP contribution < -0.4 is 10.6 Å². The van der Waals surface area contributed by atoms with Crippen molar-refractivity contribution in [3.8, 4) is 0 Å². The summed E-state index contributed by atoms with van der Waals surface area (Å²) in [6.45, 7) is 1.94. The summed E-state index contributed by atoms with van der Waals surface area (Å²) in [6.07, 6.45) is 0.989. The van der Waals surface area contributed by atoms with Gasteiger partial charge in [0.15, 0.2) is 0 Å². The maximum atomic E-state index is 11.4. The minimum Gasteiger partial charge on any atom is -0.344 e. The van der Waals surface area contributed by atoms with E-state index >= 15 is 0 Å². The second kappa shape index (κ2) is 5.86. The molecule has 0 radical (unpaired) electrons. The number of hydrogen-bond donors (Lipinski definition) is 2. The van der Waals surface area contributed by atoms with E-state index in [9.17, 15) is 14.4 Å². The smallest absolute Gasteiger partial charge is 0.321 e. The molecule has 1 rings (SSSR count). The molecule has 2 N–H and O–H groups in total. The first-order chi connectivity index (χ1) is 7.90. The molecule has 0 saturated carbocycles. The number of hydrogen-bond acceptors (Lipinski definition) is 3. The van der Waals surface area contributed by atoms with Crippen molar-refractivity contribution in [2.45, 2.75) is 31.2 Å². The Bertz CT molecular complexity index is 333. The summed E-state index contributed by atoms with van der Waals surface area (Å²) in [5.74, 6) is -0.474. The van der Waals surface area contributed by atoms with Crippen molar-refractivity contribution in [3.05, 3.63) is 0 Å². The SMILES string of the molecule is CC(Cl)C(=O)NC(=O)NC1CCC(=O)N(C)C1. The van der Waals surface area contributed by atoms with Gasteiger partial charge in [-0.25, -0.2) is 4.79 Å². The Morgan fingerprint density at radius 3 is 2.71 bits per heavy atom. The number of carbonyl (C=O) groups excluding carboxylic acids is 3. The van der Waals surface area contributed by atoms with Crippen LogP contribution in [0.3, 0.4) is 0 Å². The van der Waals surface area contributed by atoms with Crippen LogP contribution in [0.1, 0.15) is 19.8 Å². The molecule has 1 aliphatic heterocycles. The van der Waals surface area contributed by atoms with Gasteiger partial charge in [0.25, 0.3) is 0 Å². The van der Waals surface area contributed by atoms with Crippen LogP contribution >= 0.6 is 11.6 Å². The number of nitrogens with zero attached hydrogens (tertiary/aromatic N) is 1. The number of rotatable bonds is 2. The van der Waals surface area contributed by atoms with E-state index in [1.807, 2.05) is 0 Å². The number of alkyl halides is 1. The van der Waals surface area contributed by atoms with Gasteiger partial charge in [0, 0.05) is 26.1 Å². The van der Waals surface area contributed by atoms with Crippen molar-refractivity contribution < 1.29 is 14.4 Å². The first-order valence-corrected chi connectivity index (χ1v) is 5.83. The van der Waals surface area contributed by atoms with E-state index in [0.29, 0.717) is 19.4 Å². The fourth-order valence-electron chi connectivity index (χ4n) is 1.56. The van der Waals surface area contributed by atoms with Gasteiger partial charge in [-0.3, -0.25) is 14.9 Å². The van der Waals surface area contributed by atoms with Gasteiger partial charge < -0.3 is 10.2 Å². The maximum absolute atomic E-state index is 11.4. The number of likely N-dealkylation sites (tertiary alicyclic amines) is 1. The van der Waals surface area contributed by atoms with E-state index in [1.54, 1.807) is 11.9 Å². The molecule has 6 nitrogen and oxygen atoms in total. The van der Waals surface area contributed by atoms with E-state index in [-0.39, 0.29) is 11.9 Å². The van der Waals surface area contributed by atoms with Crippen molar-refractivity contribution in [2.24, 2.45) is 0 Å². The van der Waals surface area contributed by atoms with E-state index in [4.69, 9.17) is 11.6 Å². The summed E-state index contributed by atoms with van der Waals surface area (Å²) in [5.41, 5.74) is 0.